The Morgan fingerprint density at radius 3 is 2.83 bits per heavy atom. The second-order valence-electron chi connectivity index (χ2n) is 5.97. The molecular weight excluding hydrogens is 378 g/mol. The minimum atomic E-state index is 0.109. The maximum atomic E-state index is 12.2. The summed E-state index contributed by atoms with van der Waals surface area (Å²) >= 11 is 9.34. The fraction of sp³-hybridized carbons (Fsp3) is 0.412. The molecule has 0 radical (unpaired) electrons. The molecule has 1 aliphatic carbocycles. The number of halogens is 2. The molecule has 3 rings (SSSR count). The Labute approximate surface area is 149 Å². The quantitative estimate of drug-likeness (QED) is 0.752. The Kier molecular flexibility index (Phi) is 5.07. The summed E-state index contributed by atoms with van der Waals surface area (Å²) in [5.74, 6) is 0.608. The Balaban J connectivity index is 1.40. The van der Waals surface area contributed by atoms with Crippen LogP contribution in [0.4, 0.5) is 0 Å². The molecule has 1 aromatic heterocycles. The number of hydrogen-bond acceptors (Lipinski definition) is 2. The highest BCUT2D eigenvalue weighted by Gasteiger charge is 2.43. The van der Waals surface area contributed by atoms with Gasteiger partial charge in [-0.25, -0.2) is 0 Å². The maximum absolute atomic E-state index is 12.2. The van der Waals surface area contributed by atoms with E-state index in [-0.39, 0.29) is 11.8 Å². The van der Waals surface area contributed by atoms with Crippen LogP contribution in [0.15, 0.2) is 34.9 Å². The third-order valence-corrected chi connectivity index (χ3v) is 5.21. The molecular formula is C17H19BrClN3O. The molecule has 23 heavy (non-hydrogen) atoms. The lowest BCUT2D eigenvalue weighted by Gasteiger charge is -2.05. The van der Waals surface area contributed by atoms with Gasteiger partial charge in [-0.05, 0) is 59.3 Å². The van der Waals surface area contributed by atoms with Crippen LogP contribution in [-0.4, -0.2) is 22.2 Å². The number of nitrogens with zero attached hydrogens (tertiary/aromatic N) is 2. The number of nitrogens with one attached hydrogen (secondary N) is 1. The van der Waals surface area contributed by atoms with Crippen LogP contribution in [0.5, 0.6) is 0 Å². The third kappa shape index (κ3) is 4.15. The number of benzene rings is 1. The summed E-state index contributed by atoms with van der Waals surface area (Å²) in [6, 6.07) is 7.79. The SMILES string of the molecule is Cc1nn(CCCNC(=O)C2CC2c2ccc(Cl)cc2)cc1Br. The molecule has 2 atom stereocenters. The fourth-order valence-corrected chi connectivity index (χ4v) is 3.20. The Morgan fingerprint density at radius 2 is 2.17 bits per heavy atom. The molecule has 1 N–H and O–H groups in total. The van der Waals surface area contributed by atoms with Gasteiger partial charge in [0, 0.05) is 30.2 Å². The van der Waals surface area contributed by atoms with Crippen molar-refractivity contribution in [2.45, 2.75) is 32.2 Å². The van der Waals surface area contributed by atoms with Crippen LogP contribution in [-0.2, 0) is 11.3 Å². The summed E-state index contributed by atoms with van der Waals surface area (Å²) in [4.78, 5) is 12.2. The van der Waals surface area contributed by atoms with Crippen LogP contribution in [0.1, 0.15) is 30.0 Å². The van der Waals surface area contributed by atoms with Crippen molar-refractivity contribution < 1.29 is 4.79 Å². The second-order valence-corrected chi connectivity index (χ2v) is 7.26. The minimum absolute atomic E-state index is 0.109. The number of amides is 1. The first-order valence-electron chi connectivity index (χ1n) is 7.77. The van der Waals surface area contributed by atoms with Crippen LogP contribution in [0.3, 0.4) is 0 Å². The van der Waals surface area contributed by atoms with E-state index in [1.807, 2.05) is 42.1 Å². The topological polar surface area (TPSA) is 46.9 Å². The van der Waals surface area contributed by atoms with Crippen molar-refractivity contribution in [3.8, 4) is 0 Å². The number of hydrogen-bond donors (Lipinski definition) is 1. The zero-order chi connectivity index (χ0) is 16.4. The lowest BCUT2D eigenvalue weighted by molar-refractivity contribution is -0.122. The summed E-state index contributed by atoms with van der Waals surface area (Å²) in [5, 5.41) is 8.14. The van der Waals surface area contributed by atoms with Crippen molar-refractivity contribution in [3.05, 3.63) is 51.2 Å². The molecule has 4 nitrogen and oxygen atoms in total. The van der Waals surface area contributed by atoms with E-state index in [1.54, 1.807) is 0 Å². The summed E-state index contributed by atoms with van der Waals surface area (Å²) in [7, 11) is 0. The van der Waals surface area contributed by atoms with Crippen molar-refractivity contribution in [2.24, 2.45) is 5.92 Å². The van der Waals surface area contributed by atoms with Crippen molar-refractivity contribution in [1.82, 2.24) is 15.1 Å². The Morgan fingerprint density at radius 1 is 1.43 bits per heavy atom. The highest BCUT2D eigenvalue weighted by Crippen LogP contribution is 2.47. The first-order valence-corrected chi connectivity index (χ1v) is 8.94. The van der Waals surface area contributed by atoms with E-state index in [1.165, 1.54) is 5.56 Å². The molecule has 122 valence electrons. The first kappa shape index (κ1) is 16.5. The molecule has 2 aromatic rings. The third-order valence-electron chi connectivity index (χ3n) is 4.18. The molecule has 0 aliphatic heterocycles. The van der Waals surface area contributed by atoms with Gasteiger partial charge >= 0.3 is 0 Å². The molecule has 0 bridgehead atoms. The summed E-state index contributed by atoms with van der Waals surface area (Å²) in [6.07, 6.45) is 3.77. The van der Waals surface area contributed by atoms with Crippen LogP contribution < -0.4 is 5.32 Å². The molecule has 0 saturated heterocycles. The lowest BCUT2D eigenvalue weighted by atomic mass is 10.1. The van der Waals surface area contributed by atoms with Crippen LogP contribution in [0.2, 0.25) is 5.02 Å². The largest absolute Gasteiger partial charge is 0.356 e. The van der Waals surface area contributed by atoms with Gasteiger partial charge in [0.2, 0.25) is 5.91 Å². The predicted molar refractivity (Wildman–Crippen MR) is 94.6 cm³/mol. The zero-order valence-electron chi connectivity index (χ0n) is 12.9. The highest BCUT2D eigenvalue weighted by molar-refractivity contribution is 9.10. The lowest BCUT2D eigenvalue weighted by Crippen LogP contribution is -2.27. The van der Waals surface area contributed by atoms with Crippen molar-refractivity contribution in [3.63, 3.8) is 0 Å². The van der Waals surface area contributed by atoms with Crippen molar-refractivity contribution >= 4 is 33.4 Å². The average Bonchev–Trinajstić information content (AvgIpc) is 3.26. The molecule has 1 aromatic carbocycles. The van der Waals surface area contributed by atoms with E-state index in [0.29, 0.717) is 12.5 Å². The Hall–Kier alpha value is -1.33. The number of aromatic nitrogens is 2. The van der Waals surface area contributed by atoms with E-state index in [9.17, 15) is 4.79 Å². The number of carbonyl (C=O) groups excluding carboxylic acids is 1. The molecule has 1 fully saturated rings. The van der Waals surface area contributed by atoms with E-state index in [0.717, 1.165) is 34.6 Å². The molecule has 0 spiro atoms. The van der Waals surface area contributed by atoms with Crippen molar-refractivity contribution in [2.75, 3.05) is 6.54 Å². The van der Waals surface area contributed by atoms with Gasteiger partial charge in [-0.15, -0.1) is 0 Å². The molecule has 1 amide bonds. The molecule has 1 saturated carbocycles. The van der Waals surface area contributed by atoms with E-state index >= 15 is 0 Å². The first-order chi connectivity index (χ1) is 11.0. The minimum Gasteiger partial charge on any atom is -0.356 e. The smallest absolute Gasteiger partial charge is 0.223 e. The second kappa shape index (κ2) is 7.05. The van der Waals surface area contributed by atoms with Crippen LogP contribution >= 0.6 is 27.5 Å². The van der Waals surface area contributed by atoms with Gasteiger partial charge in [0.25, 0.3) is 0 Å². The van der Waals surface area contributed by atoms with Crippen LogP contribution in [0.25, 0.3) is 0 Å². The normalized spacial score (nSPS) is 19.6. The fourth-order valence-electron chi connectivity index (χ4n) is 2.75. The summed E-state index contributed by atoms with van der Waals surface area (Å²) < 4.78 is 2.92. The zero-order valence-corrected chi connectivity index (χ0v) is 15.3. The van der Waals surface area contributed by atoms with E-state index < -0.39 is 0 Å². The van der Waals surface area contributed by atoms with Gasteiger partial charge in [-0.1, -0.05) is 23.7 Å². The van der Waals surface area contributed by atoms with E-state index in [4.69, 9.17) is 11.6 Å². The summed E-state index contributed by atoms with van der Waals surface area (Å²) in [5.41, 5.74) is 2.18. The van der Waals surface area contributed by atoms with Crippen molar-refractivity contribution in [1.29, 1.82) is 0 Å². The Bertz CT molecular complexity index is 679. The van der Waals surface area contributed by atoms with Crippen LogP contribution in [0, 0.1) is 12.8 Å². The standard InChI is InChI=1S/C17H19BrClN3O/c1-11-16(18)10-22(21-11)8-2-7-20-17(23)15-9-14(15)12-3-5-13(19)6-4-12/h3-6,10,14-15H,2,7-9H2,1H3,(H,20,23). The van der Waals surface area contributed by atoms with Gasteiger partial charge in [-0.3, -0.25) is 9.48 Å². The summed E-state index contributed by atoms with van der Waals surface area (Å²) in [6.45, 7) is 3.45. The van der Waals surface area contributed by atoms with Gasteiger partial charge in [0.1, 0.15) is 0 Å². The molecule has 6 heteroatoms. The number of carbonyl (C=O) groups is 1. The number of aryl methyl sites for hydroxylation is 2. The van der Waals surface area contributed by atoms with Gasteiger partial charge in [0.05, 0.1) is 10.2 Å². The average molecular weight is 397 g/mol. The van der Waals surface area contributed by atoms with Gasteiger partial charge < -0.3 is 5.32 Å². The molecule has 1 heterocycles. The van der Waals surface area contributed by atoms with E-state index in [2.05, 4.69) is 26.3 Å². The monoisotopic (exact) mass is 395 g/mol. The number of rotatable bonds is 6. The van der Waals surface area contributed by atoms with Gasteiger partial charge in [-0.2, -0.15) is 5.10 Å². The highest BCUT2D eigenvalue weighted by atomic mass is 79.9. The predicted octanol–water partition coefficient (Wildman–Crippen LogP) is 3.92. The molecule has 2 unspecified atom stereocenters. The van der Waals surface area contributed by atoms with Gasteiger partial charge in [0.15, 0.2) is 0 Å². The maximum Gasteiger partial charge on any atom is 0.223 e. The molecule has 1 aliphatic rings.